The largest absolute Gasteiger partial charge is 0.497 e. The van der Waals surface area contributed by atoms with Gasteiger partial charge in [-0.2, -0.15) is 0 Å². The Morgan fingerprint density at radius 2 is 1.89 bits per heavy atom. The molecule has 0 spiro atoms. The summed E-state index contributed by atoms with van der Waals surface area (Å²) in [5.41, 5.74) is 1.17. The van der Waals surface area contributed by atoms with Gasteiger partial charge in [-0.05, 0) is 36.4 Å². The fraction of sp³-hybridized carbons (Fsp3) is 0.250. The third kappa shape index (κ3) is 4.59. The number of rotatable bonds is 6. The van der Waals surface area contributed by atoms with Crippen LogP contribution in [0.5, 0.6) is 11.5 Å². The summed E-state index contributed by atoms with van der Waals surface area (Å²) in [4.78, 5) is 38.0. The van der Waals surface area contributed by atoms with Crippen molar-refractivity contribution >= 4 is 29.1 Å². The number of nitrogens with zero attached hydrogens (tertiary/aromatic N) is 1. The Labute approximate surface area is 162 Å². The highest BCUT2D eigenvalue weighted by molar-refractivity contribution is 6.00. The van der Waals surface area contributed by atoms with E-state index in [1.54, 1.807) is 55.6 Å². The van der Waals surface area contributed by atoms with Gasteiger partial charge in [0.05, 0.1) is 25.8 Å². The lowest BCUT2D eigenvalue weighted by molar-refractivity contribution is -0.137. The number of hydrogen-bond donors (Lipinski definition) is 2. The zero-order chi connectivity index (χ0) is 20.1. The van der Waals surface area contributed by atoms with Crippen LogP contribution in [0.2, 0.25) is 0 Å². The number of carbonyl (C=O) groups excluding carboxylic acids is 3. The molecule has 2 aromatic rings. The van der Waals surface area contributed by atoms with Crippen LogP contribution in [0.3, 0.4) is 0 Å². The summed E-state index contributed by atoms with van der Waals surface area (Å²) in [5.74, 6) is 0.0883. The fourth-order valence-electron chi connectivity index (χ4n) is 2.72. The van der Waals surface area contributed by atoms with Crippen molar-refractivity contribution in [2.75, 3.05) is 31.3 Å². The van der Waals surface area contributed by atoms with Crippen LogP contribution < -0.4 is 20.1 Å². The number of ether oxygens (including phenoxy) is 2. The summed E-state index contributed by atoms with van der Waals surface area (Å²) in [6.07, 6.45) is -1.10. The van der Waals surface area contributed by atoms with Gasteiger partial charge in [0.2, 0.25) is 11.8 Å². The Morgan fingerprint density at radius 3 is 2.61 bits per heavy atom. The molecule has 8 nitrogen and oxygen atoms in total. The van der Waals surface area contributed by atoms with E-state index in [4.69, 9.17) is 9.47 Å². The molecule has 0 saturated heterocycles. The van der Waals surface area contributed by atoms with E-state index in [0.717, 1.165) is 0 Å². The first-order valence-corrected chi connectivity index (χ1v) is 8.70. The van der Waals surface area contributed by atoms with E-state index < -0.39 is 6.10 Å². The highest BCUT2D eigenvalue weighted by atomic mass is 16.5. The van der Waals surface area contributed by atoms with E-state index in [0.29, 0.717) is 22.9 Å². The highest BCUT2D eigenvalue weighted by Crippen LogP contribution is 2.29. The van der Waals surface area contributed by atoms with Crippen LogP contribution in [0.25, 0.3) is 0 Å². The number of nitrogens with one attached hydrogen (secondary N) is 2. The molecule has 1 aliphatic heterocycles. The number of carbonyl (C=O) groups is 3. The minimum atomic E-state index is -0.936. The van der Waals surface area contributed by atoms with E-state index in [9.17, 15) is 14.4 Å². The van der Waals surface area contributed by atoms with Crippen molar-refractivity contribution in [3.63, 3.8) is 0 Å². The predicted octanol–water partition coefficient (Wildman–Crippen LogP) is 1.88. The molecule has 3 rings (SSSR count). The number of methoxy groups -OCH3 is 1. The number of likely N-dealkylation sites (N-methyl/N-ethyl adjacent to an activating group) is 1. The Hall–Kier alpha value is -3.55. The quantitative estimate of drug-likeness (QED) is 0.794. The Morgan fingerprint density at radius 1 is 1.18 bits per heavy atom. The van der Waals surface area contributed by atoms with E-state index in [1.807, 2.05) is 0 Å². The second kappa shape index (κ2) is 8.43. The third-order valence-corrected chi connectivity index (χ3v) is 4.25. The van der Waals surface area contributed by atoms with Crippen molar-refractivity contribution in [2.24, 2.45) is 0 Å². The standard InChI is InChI=1S/C20H21N3O5/c1-23(12-18(24)21-13-7-9-14(27-2)10-8-13)19(25)11-17-20(26)22-15-5-3-4-6-16(15)28-17/h3-10,17H,11-12H2,1-2H3,(H,21,24)(H,22,26)/t17-/m0/s1. The summed E-state index contributed by atoms with van der Waals surface area (Å²) in [7, 11) is 3.06. The number of para-hydroxylation sites is 2. The molecule has 0 radical (unpaired) electrons. The molecule has 2 aromatic carbocycles. The molecular weight excluding hydrogens is 362 g/mol. The van der Waals surface area contributed by atoms with Crippen molar-refractivity contribution in [1.29, 1.82) is 0 Å². The van der Waals surface area contributed by atoms with Crippen LogP contribution in [-0.4, -0.2) is 49.4 Å². The fourth-order valence-corrected chi connectivity index (χ4v) is 2.72. The van der Waals surface area contributed by atoms with Gasteiger partial charge in [0, 0.05) is 12.7 Å². The van der Waals surface area contributed by atoms with E-state index in [1.165, 1.54) is 11.9 Å². The van der Waals surface area contributed by atoms with Crippen LogP contribution in [0, 0.1) is 0 Å². The maximum atomic E-state index is 12.4. The average Bonchev–Trinajstić information content (AvgIpc) is 2.69. The van der Waals surface area contributed by atoms with Gasteiger partial charge in [-0.3, -0.25) is 14.4 Å². The normalized spacial score (nSPS) is 14.9. The summed E-state index contributed by atoms with van der Waals surface area (Å²) < 4.78 is 10.7. The minimum Gasteiger partial charge on any atom is -0.497 e. The first-order chi connectivity index (χ1) is 13.5. The minimum absolute atomic E-state index is 0.143. The lowest BCUT2D eigenvalue weighted by Gasteiger charge is -2.26. The number of benzene rings is 2. The zero-order valence-electron chi connectivity index (χ0n) is 15.6. The van der Waals surface area contributed by atoms with Crippen LogP contribution >= 0.6 is 0 Å². The lowest BCUT2D eigenvalue weighted by Crippen LogP contribution is -2.43. The molecule has 3 amide bonds. The molecule has 8 heteroatoms. The van der Waals surface area contributed by atoms with Crippen LogP contribution in [0.4, 0.5) is 11.4 Å². The van der Waals surface area contributed by atoms with Gasteiger partial charge in [-0.15, -0.1) is 0 Å². The molecule has 1 heterocycles. The molecule has 28 heavy (non-hydrogen) atoms. The highest BCUT2D eigenvalue weighted by Gasteiger charge is 2.30. The van der Waals surface area contributed by atoms with Gasteiger partial charge >= 0.3 is 0 Å². The second-order valence-electron chi connectivity index (χ2n) is 6.32. The van der Waals surface area contributed by atoms with Crippen LogP contribution in [0.15, 0.2) is 48.5 Å². The van der Waals surface area contributed by atoms with Crippen molar-refractivity contribution in [3.05, 3.63) is 48.5 Å². The predicted molar refractivity (Wildman–Crippen MR) is 103 cm³/mol. The molecule has 2 N–H and O–H groups in total. The summed E-state index contributed by atoms with van der Waals surface area (Å²) in [6, 6.07) is 13.9. The molecular formula is C20H21N3O5. The second-order valence-corrected chi connectivity index (χ2v) is 6.32. The Bertz CT molecular complexity index is 882. The Balaban J connectivity index is 1.52. The molecule has 0 aromatic heterocycles. The maximum Gasteiger partial charge on any atom is 0.266 e. The average molecular weight is 383 g/mol. The number of fused-ring (bicyclic) bond motifs is 1. The number of amides is 3. The van der Waals surface area contributed by atoms with Gasteiger partial charge < -0.3 is 25.0 Å². The molecule has 0 unspecified atom stereocenters. The summed E-state index contributed by atoms with van der Waals surface area (Å²) in [6.45, 7) is -0.143. The van der Waals surface area contributed by atoms with Gasteiger partial charge in [0.15, 0.2) is 6.10 Å². The molecule has 1 atom stereocenters. The zero-order valence-corrected chi connectivity index (χ0v) is 15.6. The topological polar surface area (TPSA) is 97.0 Å². The van der Waals surface area contributed by atoms with E-state index in [2.05, 4.69) is 10.6 Å². The number of anilines is 2. The smallest absolute Gasteiger partial charge is 0.266 e. The molecule has 0 saturated carbocycles. The third-order valence-electron chi connectivity index (χ3n) is 4.25. The SMILES string of the molecule is COc1ccc(NC(=O)CN(C)C(=O)C[C@@H]2Oc3ccccc3NC2=O)cc1. The molecule has 1 aliphatic rings. The van der Waals surface area contributed by atoms with Gasteiger partial charge in [0.25, 0.3) is 5.91 Å². The first-order valence-electron chi connectivity index (χ1n) is 8.70. The molecule has 0 aliphatic carbocycles. The van der Waals surface area contributed by atoms with Crippen molar-refractivity contribution in [1.82, 2.24) is 4.90 Å². The maximum absolute atomic E-state index is 12.4. The van der Waals surface area contributed by atoms with Crippen LogP contribution in [0.1, 0.15) is 6.42 Å². The summed E-state index contributed by atoms with van der Waals surface area (Å²) in [5, 5.41) is 5.42. The molecule has 146 valence electrons. The number of hydrogen-bond acceptors (Lipinski definition) is 5. The van der Waals surface area contributed by atoms with Gasteiger partial charge in [0.1, 0.15) is 11.5 Å². The van der Waals surface area contributed by atoms with Crippen LogP contribution in [-0.2, 0) is 14.4 Å². The Kier molecular flexibility index (Phi) is 5.78. The van der Waals surface area contributed by atoms with Gasteiger partial charge in [-0.25, -0.2) is 0 Å². The lowest BCUT2D eigenvalue weighted by atomic mass is 10.1. The molecule has 0 fully saturated rings. The van der Waals surface area contributed by atoms with Gasteiger partial charge in [-0.1, -0.05) is 12.1 Å². The first kappa shape index (κ1) is 19.2. The molecule has 0 bridgehead atoms. The van der Waals surface area contributed by atoms with Crippen molar-refractivity contribution in [3.8, 4) is 11.5 Å². The van der Waals surface area contributed by atoms with Crippen molar-refractivity contribution < 1.29 is 23.9 Å². The van der Waals surface area contributed by atoms with Crippen molar-refractivity contribution in [2.45, 2.75) is 12.5 Å². The van der Waals surface area contributed by atoms with E-state index >= 15 is 0 Å². The van der Waals surface area contributed by atoms with E-state index in [-0.39, 0.29) is 30.7 Å². The summed E-state index contributed by atoms with van der Waals surface area (Å²) >= 11 is 0. The monoisotopic (exact) mass is 383 g/mol.